The third kappa shape index (κ3) is 3.97. The van der Waals surface area contributed by atoms with Gasteiger partial charge in [-0.1, -0.05) is 19.6 Å². The van der Waals surface area contributed by atoms with Gasteiger partial charge in [0.15, 0.2) is 5.82 Å². The number of fused-ring (bicyclic) bond motifs is 3. The number of benzene rings is 1. The first kappa shape index (κ1) is 21.9. The minimum absolute atomic E-state index is 0. The maximum Gasteiger partial charge on any atom is 0.249 e. The number of hydrogen-bond donors (Lipinski definition) is 0. The minimum atomic E-state index is -0.235. The number of carbonyl (C=O) groups is 1. The SMILES string of the molecule is C.Cc1nc(CCc2cnn(Cc3ccc(F)cc3)c2)nc2c1N(C)C(=O)[C@H]1CCCN21. The average molecular weight is 437 g/mol. The lowest BCUT2D eigenvalue weighted by Crippen LogP contribution is -2.50. The van der Waals surface area contributed by atoms with E-state index in [1.54, 1.807) is 17.0 Å². The monoisotopic (exact) mass is 436 g/mol. The number of aromatic nitrogens is 4. The molecular weight excluding hydrogens is 407 g/mol. The van der Waals surface area contributed by atoms with Crippen LogP contribution in [0.4, 0.5) is 15.9 Å². The summed E-state index contributed by atoms with van der Waals surface area (Å²) >= 11 is 0. The van der Waals surface area contributed by atoms with E-state index in [0.717, 1.165) is 60.0 Å². The number of rotatable bonds is 5. The predicted molar refractivity (Wildman–Crippen MR) is 122 cm³/mol. The van der Waals surface area contributed by atoms with Gasteiger partial charge in [-0.3, -0.25) is 9.48 Å². The fraction of sp³-hybridized carbons (Fsp3) is 0.417. The van der Waals surface area contributed by atoms with Gasteiger partial charge in [-0.2, -0.15) is 5.10 Å². The van der Waals surface area contributed by atoms with Crippen molar-refractivity contribution in [3.8, 4) is 0 Å². The third-order valence-corrected chi connectivity index (χ3v) is 6.14. The summed E-state index contributed by atoms with van der Waals surface area (Å²) in [5.74, 6) is 1.58. The molecule has 0 aliphatic carbocycles. The second-order valence-electron chi connectivity index (χ2n) is 8.32. The van der Waals surface area contributed by atoms with Crippen molar-refractivity contribution in [2.45, 2.75) is 52.6 Å². The van der Waals surface area contributed by atoms with Crippen LogP contribution in [0.3, 0.4) is 0 Å². The molecule has 0 spiro atoms. The van der Waals surface area contributed by atoms with E-state index in [0.29, 0.717) is 13.0 Å². The average Bonchev–Trinajstić information content (AvgIpc) is 3.42. The molecule has 2 aromatic heterocycles. The topological polar surface area (TPSA) is 67.2 Å². The van der Waals surface area contributed by atoms with Crippen LogP contribution in [0.15, 0.2) is 36.7 Å². The molecule has 8 heteroatoms. The lowest BCUT2D eigenvalue weighted by Gasteiger charge is -2.37. The molecule has 3 aromatic rings. The Hall–Kier alpha value is -3.29. The molecule has 7 nitrogen and oxygen atoms in total. The van der Waals surface area contributed by atoms with Gasteiger partial charge in [0, 0.05) is 26.2 Å². The number of aryl methyl sites for hydroxylation is 3. The van der Waals surface area contributed by atoms with Crippen LogP contribution in [-0.2, 0) is 24.2 Å². The fourth-order valence-electron chi connectivity index (χ4n) is 4.58. The lowest BCUT2D eigenvalue weighted by molar-refractivity contribution is -0.119. The van der Waals surface area contributed by atoms with Gasteiger partial charge in [0.2, 0.25) is 5.91 Å². The summed E-state index contributed by atoms with van der Waals surface area (Å²) in [7, 11) is 1.82. The molecule has 0 unspecified atom stereocenters. The van der Waals surface area contributed by atoms with E-state index in [-0.39, 0.29) is 25.2 Å². The molecule has 168 valence electrons. The maximum atomic E-state index is 13.1. The van der Waals surface area contributed by atoms with Crippen LogP contribution in [-0.4, -0.2) is 45.3 Å². The van der Waals surface area contributed by atoms with Crippen molar-refractivity contribution >= 4 is 17.4 Å². The number of anilines is 2. The highest BCUT2D eigenvalue weighted by atomic mass is 19.1. The van der Waals surface area contributed by atoms with Crippen molar-refractivity contribution in [2.75, 3.05) is 23.4 Å². The second kappa shape index (κ2) is 8.68. The molecule has 5 rings (SSSR count). The van der Waals surface area contributed by atoms with Gasteiger partial charge in [-0.25, -0.2) is 14.4 Å². The van der Waals surface area contributed by atoms with E-state index in [1.165, 1.54) is 12.1 Å². The standard InChI is InChI=1S/C23H25FN6O.CH4/c1-15-21-22(30-11-3-4-19(30)23(31)28(21)2)27-20(26-15)10-7-17-12-25-29(14-17)13-16-5-8-18(24)9-6-16;/h5-6,8-9,12,14,19H,3-4,7,10-11,13H2,1-2H3;1H4/t19-;/m1./s1. The first-order chi connectivity index (χ1) is 15.0. The van der Waals surface area contributed by atoms with Crippen LogP contribution in [0.5, 0.6) is 0 Å². The van der Waals surface area contributed by atoms with Gasteiger partial charge in [-0.05, 0) is 49.4 Å². The summed E-state index contributed by atoms with van der Waals surface area (Å²) in [5, 5.41) is 4.43. The number of nitrogens with zero attached hydrogens (tertiary/aromatic N) is 6. The van der Waals surface area contributed by atoms with E-state index < -0.39 is 0 Å². The van der Waals surface area contributed by atoms with Crippen molar-refractivity contribution in [1.82, 2.24) is 19.7 Å². The van der Waals surface area contributed by atoms with Crippen LogP contribution in [0, 0.1) is 12.7 Å². The molecule has 2 aliphatic heterocycles. The number of likely N-dealkylation sites (N-methyl/N-ethyl adjacent to an activating group) is 1. The Bertz CT molecular complexity index is 1130. The highest BCUT2D eigenvalue weighted by Crippen LogP contribution is 2.39. The van der Waals surface area contributed by atoms with E-state index in [2.05, 4.69) is 15.0 Å². The van der Waals surface area contributed by atoms with Crippen molar-refractivity contribution in [3.05, 3.63) is 65.1 Å². The van der Waals surface area contributed by atoms with Gasteiger partial charge >= 0.3 is 0 Å². The first-order valence-corrected chi connectivity index (χ1v) is 10.7. The molecule has 32 heavy (non-hydrogen) atoms. The van der Waals surface area contributed by atoms with Crippen LogP contribution in [0.25, 0.3) is 0 Å². The zero-order chi connectivity index (χ0) is 21.5. The first-order valence-electron chi connectivity index (χ1n) is 10.7. The Morgan fingerprint density at radius 3 is 2.69 bits per heavy atom. The van der Waals surface area contributed by atoms with Gasteiger partial charge < -0.3 is 9.80 Å². The Morgan fingerprint density at radius 2 is 1.91 bits per heavy atom. The Morgan fingerprint density at radius 1 is 1.12 bits per heavy atom. The smallest absolute Gasteiger partial charge is 0.249 e. The minimum Gasteiger partial charge on any atom is -0.343 e. The molecule has 4 heterocycles. The Balaban J connectivity index is 0.00000245. The molecule has 0 saturated carbocycles. The second-order valence-corrected chi connectivity index (χ2v) is 8.32. The molecule has 1 fully saturated rings. The number of halogens is 1. The van der Waals surface area contributed by atoms with E-state index in [4.69, 9.17) is 4.98 Å². The van der Waals surface area contributed by atoms with Crippen molar-refractivity contribution in [2.24, 2.45) is 0 Å². The van der Waals surface area contributed by atoms with Crippen molar-refractivity contribution in [3.63, 3.8) is 0 Å². The van der Waals surface area contributed by atoms with Crippen molar-refractivity contribution < 1.29 is 9.18 Å². The Labute approximate surface area is 187 Å². The van der Waals surface area contributed by atoms with Gasteiger partial charge in [0.1, 0.15) is 23.4 Å². The normalized spacial score (nSPS) is 17.2. The molecule has 0 N–H and O–H groups in total. The highest BCUT2D eigenvalue weighted by Gasteiger charge is 2.41. The summed E-state index contributed by atoms with van der Waals surface area (Å²) in [6, 6.07) is 6.38. The molecule has 1 atom stereocenters. The number of hydrogen-bond acceptors (Lipinski definition) is 5. The lowest BCUT2D eigenvalue weighted by atomic mass is 10.1. The molecule has 1 amide bonds. The van der Waals surface area contributed by atoms with Gasteiger partial charge in [0.25, 0.3) is 0 Å². The summed E-state index contributed by atoms with van der Waals surface area (Å²) in [6.45, 7) is 3.42. The van der Waals surface area contributed by atoms with Gasteiger partial charge in [-0.15, -0.1) is 0 Å². The molecule has 1 saturated heterocycles. The summed E-state index contributed by atoms with van der Waals surface area (Å²) in [5.41, 5.74) is 3.78. The summed E-state index contributed by atoms with van der Waals surface area (Å²) in [6.07, 6.45) is 7.24. The van der Waals surface area contributed by atoms with Crippen LogP contribution in [0.1, 0.15) is 42.9 Å². The maximum absolute atomic E-state index is 13.1. The zero-order valence-electron chi connectivity index (χ0n) is 17.8. The van der Waals surface area contributed by atoms with E-state index >= 15 is 0 Å². The van der Waals surface area contributed by atoms with E-state index in [1.807, 2.05) is 31.0 Å². The van der Waals surface area contributed by atoms with Gasteiger partial charge in [0.05, 0.1) is 18.4 Å². The van der Waals surface area contributed by atoms with Crippen molar-refractivity contribution in [1.29, 1.82) is 0 Å². The molecule has 2 aliphatic rings. The Kier molecular flexibility index (Phi) is 5.95. The predicted octanol–water partition coefficient (Wildman–Crippen LogP) is 3.54. The summed E-state index contributed by atoms with van der Waals surface area (Å²) < 4.78 is 14.9. The third-order valence-electron chi connectivity index (χ3n) is 6.14. The number of amides is 1. The summed E-state index contributed by atoms with van der Waals surface area (Å²) in [4.78, 5) is 26.1. The van der Waals surface area contributed by atoms with E-state index in [9.17, 15) is 9.18 Å². The van der Waals surface area contributed by atoms with Crippen LogP contribution >= 0.6 is 0 Å². The molecule has 0 bridgehead atoms. The quantitative estimate of drug-likeness (QED) is 0.612. The van der Waals surface area contributed by atoms with Crippen LogP contribution in [0.2, 0.25) is 0 Å². The molecule has 0 radical (unpaired) electrons. The molecule has 1 aromatic carbocycles. The van der Waals surface area contributed by atoms with Crippen LogP contribution < -0.4 is 9.80 Å². The largest absolute Gasteiger partial charge is 0.343 e. The zero-order valence-corrected chi connectivity index (χ0v) is 17.8. The number of carbonyl (C=O) groups excluding carboxylic acids is 1. The highest BCUT2D eigenvalue weighted by molar-refractivity contribution is 6.05. The molecular formula is C24H29FN6O. The fourth-order valence-corrected chi connectivity index (χ4v) is 4.58.